The molecule has 5 nitrogen and oxygen atoms in total. The molecule has 1 rings (SSSR count). The number of benzene rings is 1. The number of carbonyl (C=O) groups excluding carboxylic acids is 1. The molecule has 0 heterocycles. The van der Waals surface area contributed by atoms with E-state index in [0.29, 0.717) is 5.75 Å². The largest absolute Gasteiger partial charge is 0.747 e. The van der Waals surface area contributed by atoms with Gasteiger partial charge < -0.3 is 0 Å². The van der Waals surface area contributed by atoms with Crippen molar-refractivity contribution >= 4 is 14.3 Å². The van der Waals surface area contributed by atoms with Crippen LogP contribution in [0.25, 0.3) is 0 Å². The third-order valence-corrected chi connectivity index (χ3v) is 1.29. The molecule has 0 saturated heterocycles. The molecule has 2 N–H and O–H groups in total. The van der Waals surface area contributed by atoms with Crippen molar-refractivity contribution in [3.05, 3.63) is 30.3 Å². The summed E-state index contributed by atoms with van der Waals surface area (Å²) in [6.07, 6.45) is 0.750. The quantitative estimate of drug-likeness (QED) is 0.431. The van der Waals surface area contributed by atoms with Crippen LogP contribution in [0.4, 0.5) is 0 Å². The van der Waals surface area contributed by atoms with Crippen LogP contribution in [-0.4, -0.2) is 11.0 Å². The van der Waals surface area contributed by atoms with Crippen LogP contribution in [0.5, 0.6) is 5.75 Å². The van der Waals surface area contributed by atoms with E-state index >= 15 is 0 Å². The van der Waals surface area contributed by atoms with Gasteiger partial charge in [0.25, 0.3) is 0 Å². The molecule has 0 aliphatic heterocycles. The topological polar surface area (TPSA) is 87.5 Å². The molecule has 0 aliphatic carbocycles. The molecule has 0 aromatic heterocycles. The SMILES string of the molecule is N=C=O.O=[P+](O)Oc1ccccc1. The summed E-state index contributed by atoms with van der Waals surface area (Å²) in [5, 5.41) is 5.40. The van der Waals surface area contributed by atoms with Gasteiger partial charge in [-0.3, -0.25) is 0 Å². The maximum Gasteiger partial charge on any atom is 0.747 e. The highest BCUT2D eigenvalue weighted by Crippen LogP contribution is 2.21. The third-order valence-electron chi connectivity index (χ3n) is 0.927. The molecular weight excluding hydrogens is 193 g/mol. The fourth-order valence-corrected chi connectivity index (χ4v) is 0.874. The lowest BCUT2D eigenvalue weighted by Crippen LogP contribution is -1.77. The second-order valence-electron chi connectivity index (χ2n) is 1.74. The Labute approximate surface area is 75.4 Å². The smallest absolute Gasteiger partial charge is 0.229 e. The number of nitrogens with one attached hydrogen (secondary N) is 1. The minimum Gasteiger partial charge on any atom is -0.229 e. The fraction of sp³-hybridized carbons (Fsp3) is 0. The summed E-state index contributed by atoms with van der Waals surface area (Å²) in [6.45, 7) is 0. The van der Waals surface area contributed by atoms with Crippen LogP contribution in [0.3, 0.4) is 0 Å². The summed E-state index contributed by atoms with van der Waals surface area (Å²) in [5.41, 5.74) is 0. The Kier molecular flexibility index (Phi) is 6.28. The van der Waals surface area contributed by atoms with E-state index in [0.717, 1.165) is 6.08 Å². The average Bonchev–Trinajstić information content (AvgIpc) is 2.06. The lowest BCUT2D eigenvalue weighted by atomic mass is 10.3. The van der Waals surface area contributed by atoms with Gasteiger partial charge >= 0.3 is 8.25 Å². The maximum absolute atomic E-state index is 10.1. The molecule has 1 atom stereocenters. The normalized spacial score (nSPS) is 8.85. The van der Waals surface area contributed by atoms with Crippen molar-refractivity contribution in [3.8, 4) is 5.75 Å². The molecule has 0 spiro atoms. The Morgan fingerprint density at radius 1 is 1.38 bits per heavy atom. The van der Waals surface area contributed by atoms with Crippen LogP contribution in [-0.2, 0) is 9.36 Å². The van der Waals surface area contributed by atoms with Crippen molar-refractivity contribution in [1.82, 2.24) is 0 Å². The third kappa shape index (κ3) is 6.84. The minimum atomic E-state index is -2.53. The number of hydrogen-bond donors (Lipinski definition) is 2. The number of rotatable bonds is 2. The summed E-state index contributed by atoms with van der Waals surface area (Å²) >= 11 is 0. The first-order valence-corrected chi connectivity index (χ1v) is 4.26. The molecule has 0 amide bonds. The van der Waals surface area contributed by atoms with E-state index in [9.17, 15) is 4.57 Å². The molecule has 0 saturated carbocycles. The van der Waals surface area contributed by atoms with Crippen molar-refractivity contribution < 1.29 is 18.8 Å². The van der Waals surface area contributed by atoms with Gasteiger partial charge in [0.15, 0.2) is 5.75 Å². The van der Waals surface area contributed by atoms with E-state index in [-0.39, 0.29) is 0 Å². The number of hydrogen-bond acceptors (Lipinski definition) is 4. The van der Waals surface area contributed by atoms with Crippen LogP contribution in [0.2, 0.25) is 0 Å². The molecule has 1 unspecified atom stereocenters. The summed E-state index contributed by atoms with van der Waals surface area (Å²) in [7, 11) is -2.53. The molecule has 68 valence electrons. The second kappa shape index (κ2) is 7.13. The Bertz CT molecular complexity index is 295. The number of isocyanates is 1. The first-order chi connectivity index (χ1) is 6.20. The van der Waals surface area contributed by atoms with Gasteiger partial charge in [0, 0.05) is 4.57 Å². The summed E-state index contributed by atoms with van der Waals surface area (Å²) in [4.78, 5) is 16.6. The zero-order chi connectivity index (χ0) is 10.1. The molecule has 1 aromatic carbocycles. The van der Waals surface area contributed by atoms with Gasteiger partial charge in [0.05, 0.1) is 0 Å². The molecule has 6 heteroatoms. The molecule has 0 aliphatic rings. The molecule has 13 heavy (non-hydrogen) atoms. The summed E-state index contributed by atoms with van der Waals surface area (Å²) in [6, 6.07) is 8.49. The lowest BCUT2D eigenvalue weighted by Gasteiger charge is -1.86. The van der Waals surface area contributed by atoms with Gasteiger partial charge in [-0.25, -0.2) is 14.7 Å². The number of para-hydroxylation sites is 1. The van der Waals surface area contributed by atoms with Gasteiger partial charge in [-0.05, 0) is 12.1 Å². The van der Waals surface area contributed by atoms with Gasteiger partial charge in [-0.2, -0.15) is 0 Å². The molecule has 0 radical (unpaired) electrons. The molecular formula is C7H7NO4P+. The zero-order valence-corrected chi connectivity index (χ0v) is 7.40. The Morgan fingerprint density at radius 3 is 2.23 bits per heavy atom. The van der Waals surface area contributed by atoms with Gasteiger partial charge in [-0.1, -0.05) is 18.2 Å². The highest BCUT2D eigenvalue weighted by molar-refractivity contribution is 7.32. The van der Waals surface area contributed by atoms with Crippen LogP contribution < -0.4 is 4.52 Å². The average molecular weight is 200 g/mol. The van der Waals surface area contributed by atoms with Crippen LogP contribution in [0.15, 0.2) is 30.3 Å². The van der Waals surface area contributed by atoms with Gasteiger partial charge in [0.1, 0.15) is 0 Å². The highest BCUT2D eigenvalue weighted by atomic mass is 31.1. The summed E-state index contributed by atoms with van der Waals surface area (Å²) in [5.74, 6) is 0.408. The lowest BCUT2D eigenvalue weighted by molar-refractivity contribution is 0.410. The Balaban J connectivity index is 0.000000424. The van der Waals surface area contributed by atoms with Crippen molar-refractivity contribution in [2.45, 2.75) is 0 Å². The van der Waals surface area contributed by atoms with Crippen LogP contribution in [0, 0.1) is 5.41 Å². The zero-order valence-electron chi connectivity index (χ0n) is 6.51. The standard InChI is InChI=1S/C6H5O3P.CHNO/c7-10(8)9-6-4-2-1-3-5-6;2-1-3/h1-5H;2H/p+1. The minimum absolute atomic E-state index is 0.408. The van der Waals surface area contributed by atoms with Crippen molar-refractivity contribution in [2.75, 3.05) is 0 Å². The van der Waals surface area contributed by atoms with Crippen LogP contribution in [0.1, 0.15) is 0 Å². The molecule has 0 bridgehead atoms. The van der Waals surface area contributed by atoms with Gasteiger partial charge in [-0.15, -0.1) is 4.89 Å². The van der Waals surface area contributed by atoms with E-state index in [1.807, 2.05) is 0 Å². The fourth-order valence-electron chi connectivity index (χ4n) is 0.572. The van der Waals surface area contributed by atoms with Crippen molar-refractivity contribution in [2.24, 2.45) is 0 Å². The Hall–Kier alpha value is -1.54. The van der Waals surface area contributed by atoms with Crippen LogP contribution >= 0.6 is 8.25 Å². The first kappa shape index (κ1) is 11.5. The highest BCUT2D eigenvalue weighted by Gasteiger charge is 2.12. The predicted octanol–water partition coefficient (Wildman–Crippen LogP) is 1.62. The van der Waals surface area contributed by atoms with E-state index in [2.05, 4.69) is 4.52 Å². The van der Waals surface area contributed by atoms with E-state index in [1.165, 1.54) is 0 Å². The van der Waals surface area contributed by atoms with Gasteiger partial charge in [0.2, 0.25) is 6.08 Å². The monoisotopic (exact) mass is 200 g/mol. The van der Waals surface area contributed by atoms with E-state index in [4.69, 9.17) is 15.1 Å². The van der Waals surface area contributed by atoms with Crippen molar-refractivity contribution in [3.63, 3.8) is 0 Å². The van der Waals surface area contributed by atoms with Crippen molar-refractivity contribution in [1.29, 1.82) is 5.41 Å². The summed E-state index contributed by atoms with van der Waals surface area (Å²) < 4.78 is 14.6. The Morgan fingerprint density at radius 2 is 1.85 bits per heavy atom. The van der Waals surface area contributed by atoms with E-state index in [1.54, 1.807) is 30.3 Å². The second-order valence-corrected chi connectivity index (χ2v) is 2.40. The molecule has 1 aromatic rings. The molecule has 0 fully saturated rings. The van der Waals surface area contributed by atoms with E-state index < -0.39 is 8.25 Å². The maximum atomic E-state index is 10.1. The first-order valence-electron chi connectivity index (χ1n) is 3.13. The predicted molar refractivity (Wildman–Crippen MR) is 45.3 cm³/mol.